The Kier molecular flexibility index (Phi) is 4.01. The molecule has 1 aromatic heterocycles. The second kappa shape index (κ2) is 5.95. The minimum Gasteiger partial charge on any atom is -0.337 e. The van der Waals surface area contributed by atoms with E-state index >= 15 is 0 Å². The number of hydrogen-bond donors (Lipinski definition) is 0. The number of aromatic nitrogens is 2. The normalized spacial score (nSPS) is 14.8. The predicted octanol–water partition coefficient (Wildman–Crippen LogP) is 3.45. The van der Waals surface area contributed by atoms with Crippen molar-refractivity contribution in [2.24, 2.45) is 7.05 Å². The van der Waals surface area contributed by atoms with Crippen LogP contribution in [-0.2, 0) is 7.05 Å². The van der Waals surface area contributed by atoms with E-state index in [-0.39, 0.29) is 5.91 Å². The van der Waals surface area contributed by atoms with Crippen LogP contribution >= 0.6 is 0 Å². The number of aryl methyl sites for hydroxylation is 1. The third-order valence-electron chi connectivity index (χ3n) is 4.37. The van der Waals surface area contributed by atoms with Crippen molar-refractivity contribution in [3.63, 3.8) is 0 Å². The van der Waals surface area contributed by atoms with Gasteiger partial charge in [-0.05, 0) is 36.0 Å². The van der Waals surface area contributed by atoms with Gasteiger partial charge in [-0.25, -0.2) is 0 Å². The molecule has 4 heteroatoms. The van der Waals surface area contributed by atoms with Gasteiger partial charge in [0.25, 0.3) is 5.91 Å². The lowest BCUT2D eigenvalue weighted by Gasteiger charge is -2.12. The molecule has 0 aliphatic carbocycles. The molecule has 2 heterocycles. The Balaban J connectivity index is 1.87. The van der Waals surface area contributed by atoms with E-state index in [1.165, 1.54) is 5.56 Å². The Morgan fingerprint density at radius 1 is 1.14 bits per heavy atom. The predicted molar refractivity (Wildman–Crippen MR) is 87.9 cm³/mol. The van der Waals surface area contributed by atoms with Crippen LogP contribution in [0.1, 0.15) is 48.7 Å². The molecule has 0 spiro atoms. The average molecular weight is 297 g/mol. The number of likely N-dealkylation sites (tertiary alicyclic amines) is 1. The molecule has 1 aliphatic rings. The molecule has 0 saturated carbocycles. The summed E-state index contributed by atoms with van der Waals surface area (Å²) in [6.45, 7) is 6.08. The Bertz CT molecular complexity index is 664. The van der Waals surface area contributed by atoms with Gasteiger partial charge in [0.05, 0.1) is 5.69 Å². The number of rotatable bonds is 3. The molecule has 0 atom stereocenters. The summed E-state index contributed by atoms with van der Waals surface area (Å²) in [5.41, 5.74) is 3.95. The molecule has 1 amide bonds. The molecule has 1 saturated heterocycles. The Hall–Kier alpha value is -2.10. The van der Waals surface area contributed by atoms with E-state index in [1.54, 1.807) is 4.68 Å². The lowest BCUT2D eigenvalue weighted by atomic mass is 10.0. The first-order chi connectivity index (χ1) is 10.6. The van der Waals surface area contributed by atoms with E-state index < -0.39 is 0 Å². The van der Waals surface area contributed by atoms with Gasteiger partial charge in [-0.2, -0.15) is 5.10 Å². The molecule has 0 unspecified atom stereocenters. The fourth-order valence-electron chi connectivity index (χ4n) is 2.96. The highest BCUT2D eigenvalue weighted by Crippen LogP contribution is 2.24. The van der Waals surface area contributed by atoms with Crippen LogP contribution < -0.4 is 0 Å². The van der Waals surface area contributed by atoms with Gasteiger partial charge in [-0.15, -0.1) is 0 Å². The zero-order valence-electron chi connectivity index (χ0n) is 13.5. The van der Waals surface area contributed by atoms with Crippen LogP contribution in [0.15, 0.2) is 30.3 Å². The summed E-state index contributed by atoms with van der Waals surface area (Å²) in [7, 11) is 1.90. The lowest BCUT2D eigenvalue weighted by molar-refractivity contribution is 0.0786. The van der Waals surface area contributed by atoms with E-state index in [0.717, 1.165) is 37.2 Å². The van der Waals surface area contributed by atoms with Crippen molar-refractivity contribution in [2.75, 3.05) is 13.1 Å². The van der Waals surface area contributed by atoms with Crippen molar-refractivity contribution in [2.45, 2.75) is 32.6 Å². The highest BCUT2D eigenvalue weighted by molar-refractivity contribution is 5.93. The lowest BCUT2D eigenvalue weighted by Crippen LogP contribution is -2.28. The Morgan fingerprint density at radius 2 is 1.77 bits per heavy atom. The first-order valence-corrected chi connectivity index (χ1v) is 8.00. The van der Waals surface area contributed by atoms with E-state index in [9.17, 15) is 4.79 Å². The van der Waals surface area contributed by atoms with Crippen molar-refractivity contribution < 1.29 is 4.79 Å². The minimum atomic E-state index is 0.0538. The average Bonchev–Trinajstić information content (AvgIpc) is 3.16. The van der Waals surface area contributed by atoms with Crippen LogP contribution in [-0.4, -0.2) is 33.7 Å². The van der Waals surface area contributed by atoms with Crippen molar-refractivity contribution in [1.82, 2.24) is 14.7 Å². The van der Waals surface area contributed by atoms with E-state index in [2.05, 4.69) is 43.2 Å². The van der Waals surface area contributed by atoms with Gasteiger partial charge >= 0.3 is 0 Å². The van der Waals surface area contributed by atoms with Crippen molar-refractivity contribution in [1.29, 1.82) is 0 Å². The third-order valence-corrected chi connectivity index (χ3v) is 4.37. The largest absolute Gasteiger partial charge is 0.337 e. The van der Waals surface area contributed by atoms with Crippen molar-refractivity contribution in [3.05, 3.63) is 41.6 Å². The summed E-state index contributed by atoms with van der Waals surface area (Å²) in [6, 6.07) is 10.4. The smallest absolute Gasteiger partial charge is 0.274 e. The molecule has 3 rings (SSSR count). The number of amides is 1. The van der Waals surface area contributed by atoms with E-state index in [0.29, 0.717) is 11.6 Å². The number of hydrogen-bond acceptors (Lipinski definition) is 2. The zero-order valence-corrected chi connectivity index (χ0v) is 13.5. The fourth-order valence-corrected chi connectivity index (χ4v) is 2.96. The number of nitrogens with zero attached hydrogens (tertiary/aromatic N) is 3. The molecule has 22 heavy (non-hydrogen) atoms. The van der Waals surface area contributed by atoms with Gasteiger partial charge in [0.15, 0.2) is 5.69 Å². The van der Waals surface area contributed by atoms with E-state index in [1.807, 2.05) is 18.0 Å². The summed E-state index contributed by atoms with van der Waals surface area (Å²) in [5.74, 6) is 0.575. The third kappa shape index (κ3) is 2.78. The van der Waals surface area contributed by atoms with Crippen molar-refractivity contribution >= 4 is 5.91 Å². The minimum absolute atomic E-state index is 0.0538. The molecule has 1 fully saturated rings. The van der Waals surface area contributed by atoms with Crippen LogP contribution in [0.2, 0.25) is 0 Å². The maximum absolute atomic E-state index is 12.4. The maximum Gasteiger partial charge on any atom is 0.274 e. The Morgan fingerprint density at radius 3 is 2.36 bits per heavy atom. The van der Waals surface area contributed by atoms with Gasteiger partial charge in [-0.3, -0.25) is 9.48 Å². The van der Waals surface area contributed by atoms with Crippen LogP contribution in [0.5, 0.6) is 0 Å². The topological polar surface area (TPSA) is 38.1 Å². The standard InChI is InChI=1S/C18H23N3O/c1-13(2)14-6-8-15(9-7-14)17-12-16(19-20(17)3)18(22)21-10-4-5-11-21/h6-9,12-13H,4-5,10-11H2,1-3H3. The highest BCUT2D eigenvalue weighted by Gasteiger charge is 2.22. The summed E-state index contributed by atoms with van der Waals surface area (Å²) >= 11 is 0. The molecule has 1 aromatic carbocycles. The molecule has 4 nitrogen and oxygen atoms in total. The van der Waals surface area contributed by atoms with Gasteiger partial charge in [0, 0.05) is 20.1 Å². The molecule has 116 valence electrons. The van der Waals surface area contributed by atoms with Crippen LogP contribution in [0.3, 0.4) is 0 Å². The van der Waals surface area contributed by atoms with Crippen LogP contribution in [0, 0.1) is 0 Å². The molecule has 0 bridgehead atoms. The molecular formula is C18H23N3O. The molecular weight excluding hydrogens is 274 g/mol. The zero-order chi connectivity index (χ0) is 15.7. The Labute approximate surface area is 131 Å². The van der Waals surface area contributed by atoms with E-state index in [4.69, 9.17) is 0 Å². The first kappa shape index (κ1) is 14.8. The number of carbonyl (C=O) groups is 1. The number of benzene rings is 1. The molecule has 1 aliphatic heterocycles. The number of carbonyl (C=O) groups excluding carboxylic acids is 1. The maximum atomic E-state index is 12.4. The second-order valence-electron chi connectivity index (χ2n) is 6.31. The molecule has 0 radical (unpaired) electrons. The monoisotopic (exact) mass is 297 g/mol. The molecule has 0 N–H and O–H groups in total. The molecule has 2 aromatic rings. The summed E-state index contributed by atoms with van der Waals surface area (Å²) in [4.78, 5) is 14.3. The summed E-state index contributed by atoms with van der Waals surface area (Å²) in [5, 5.41) is 4.41. The fraction of sp³-hybridized carbons (Fsp3) is 0.444. The van der Waals surface area contributed by atoms with Gasteiger partial charge < -0.3 is 4.90 Å². The van der Waals surface area contributed by atoms with Gasteiger partial charge in [-0.1, -0.05) is 38.1 Å². The van der Waals surface area contributed by atoms with Gasteiger partial charge in [0.1, 0.15) is 0 Å². The second-order valence-corrected chi connectivity index (χ2v) is 6.31. The summed E-state index contributed by atoms with van der Waals surface area (Å²) < 4.78 is 1.80. The van der Waals surface area contributed by atoms with Crippen LogP contribution in [0.4, 0.5) is 0 Å². The highest BCUT2D eigenvalue weighted by atomic mass is 16.2. The SMILES string of the molecule is CC(C)c1ccc(-c2cc(C(=O)N3CCCC3)nn2C)cc1. The first-order valence-electron chi connectivity index (χ1n) is 8.00. The van der Waals surface area contributed by atoms with Gasteiger partial charge in [0.2, 0.25) is 0 Å². The quantitative estimate of drug-likeness (QED) is 0.870. The van der Waals surface area contributed by atoms with Crippen molar-refractivity contribution in [3.8, 4) is 11.3 Å². The van der Waals surface area contributed by atoms with Crippen LogP contribution in [0.25, 0.3) is 11.3 Å². The summed E-state index contributed by atoms with van der Waals surface area (Å²) in [6.07, 6.45) is 2.20.